The number of aliphatic hydroxyl groups is 1. The Morgan fingerprint density at radius 3 is 2.50 bits per heavy atom. The maximum Gasteiger partial charge on any atom is 0.412 e. The van der Waals surface area contributed by atoms with Crippen LogP contribution in [0.4, 0.5) is 10.5 Å². The molecule has 1 rings (SSSR count). The molecule has 1 amide bonds. The van der Waals surface area contributed by atoms with Crippen LogP contribution in [0.5, 0.6) is 5.75 Å². The Hall–Kier alpha value is -1.75. The van der Waals surface area contributed by atoms with Gasteiger partial charge in [-0.3, -0.25) is 5.32 Å². The highest BCUT2D eigenvalue weighted by Crippen LogP contribution is 2.27. The molecule has 1 atom stereocenters. The summed E-state index contributed by atoms with van der Waals surface area (Å²) >= 11 is 0. The Labute approximate surface area is 106 Å². The van der Waals surface area contributed by atoms with Crippen LogP contribution in [0.1, 0.15) is 39.4 Å². The topological polar surface area (TPSA) is 78.8 Å². The van der Waals surface area contributed by atoms with Crippen LogP contribution in [-0.4, -0.2) is 21.9 Å². The molecule has 100 valence electrons. The maximum absolute atomic E-state index is 11.6. The molecular weight excluding hydrogens is 234 g/mol. The van der Waals surface area contributed by atoms with Gasteiger partial charge in [0.15, 0.2) is 0 Å². The Bertz CT molecular complexity index is 435. The molecule has 0 saturated heterocycles. The van der Waals surface area contributed by atoms with Gasteiger partial charge in [0.25, 0.3) is 0 Å². The normalized spacial score (nSPS) is 12.9. The first-order valence-corrected chi connectivity index (χ1v) is 5.70. The van der Waals surface area contributed by atoms with Crippen LogP contribution in [0.2, 0.25) is 0 Å². The van der Waals surface area contributed by atoms with Gasteiger partial charge in [-0.05, 0) is 45.4 Å². The number of phenols is 1. The molecule has 0 aliphatic carbocycles. The molecule has 0 fully saturated rings. The van der Waals surface area contributed by atoms with Gasteiger partial charge in [-0.25, -0.2) is 4.79 Å². The largest absolute Gasteiger partial charge is 0.506 e. The van der Waals surface area contributed by atoms with E-state index in [1.54, 1.807) is 33.8 Å². The number of carbonyl (C=O) groups is 1. The molecule has 0 saturated carbocycles. The van der Waals surface area contributed by atoms with E-state index in [9.17, 15) is 15.0 Å². The molecular formula is C13H19NO4. The molecule has 0 unspecified atom stereocenters. The molecule has 3 N–H and O–H groups in total. The molecule has 0 bridgehead atoms. The van der Waals surface area contributed by atoms with Crippen LogP contribution in [0.3, 0.4) is 0 Å². The highest BCUT2D eigenvalue weighted by Gasteiger charge is 2.17. The molecule has 0 spiro atoms. The molecule has 5 nitrogen and oxygen atoms in total. The molecule has 1 aromatic carbocycles. The lowest BCUT2D eigenvalue weighted by molar-refractivity contribution is 0.0635. The van der Waals surface area contributed by atoms with Crippen molar-refractivity contribution in [1.29, 1.82) is 0 Å². The maximum atomic E-state index is 11.6. The van der Waals surface area contributed by atoms with Gasteiger partial charge in [0, 0.05) is 0 Å². The quantitative estimate of drug-likeness (QED) is 0.708. The van der Waals surface area contributed by atoms with Crippen LogP contribution < -0.4 is 5.32 Å². The second kappa shape index (κ2) is 5.27. The van der Waals surface area contributed by atoms with Gasteiger partial charge in [0.1, 0.15) is 11.4 Å². The molecule has 0 aliphatic heterocycles. The number of anilines is 1. The zero-order valence-corrected chi connectivity index (χ0v) is 11.0. The summed E-state index contributed by atoms with van der Waals surface area (Å²) in [4.78, 5) is 11.6. The minimum Gasteiger partial charge on any atom is -0.506 e. The summed E-state index contributed by atoms with van der Waals surface area (Å²) in [7, 11) is 0. The third-order valence-corrected chi connectivity index (χ3v) is 2.14. The molecule has 0 aromatic heterocycles. The fraction of sp³-hybridized carbons (Fsp3) is 0.462. The predicted molar refractivity (Wildman–Crippen MR) is 68.6 cm³/mol. The number of aliphatic hydroxyl groups excluding tert-OH is 1. The number of nitrogens with one attached hydrogen (secondary N) is 1. The van der Waals surface area contributed by atoms with Crippen molar-refractivity contribution in [2.45, 2.75) is 39.4 Å². The monoisotopic (exact) mass is 253 g/mol. The van der Waals surface area contributed by atoms with E-state index in [4.69, 9.17) is 4.74 Å². The van der Waals surface area contributed by atoms with Crippen molar-refractivity contribution >= 4 is 11.8 Å². The Morgan fingerprint density at radius 2 is 2.00 bits per heavy atom. The van der Waals surface area contributed by atoms with Crippen LogP contribution in [0, 0.1) is 0 Å². The third kappa shape index (κ3) is 4.25. The van der Waals surface area contributed by atoms with E-state index in [-0.39, 0.29) is 11.4 Å². The number of ether oxygens (including phenoxy) is 1. The highest BCUT2D eigenvalue weighted by molar-refractivity contribution is 5.87. The average Bonchev–Trinajstić information content (AvgIpc) is 2.18. The van der Waals surface area contributed by atoms with E-state index >= 15 is 0 Å². The average molecular weight is 253 g/mol. The summed E-state index contributed by atoms with van der Waals surface area (Å²) in [5.74, 6) is -0.0785. The van der Waals surface area contributed by atoms with Crippen molar-refractivity contribution in [2.24, 2.45) is 0 Å². The van der Waals surface area contributed by atoms with Crippen LogP contribution in [0.15, 0.2) is 18.2 Å². The van der Waals surface area contributed by atoms with Gasteiger partial charge in [-0.1, -0.05) is 6.07 Å². The van der Waals surface area contributed by atoms with E-state index in [2.05, 4.69) is 5.32 Å². The number of benzene rings is 1. The van der Waals surface area contributed by atoms with Crippen molar-refractivity contribution in [3.8, 4) is 5.75 Å². The van der Waals surface area contributed by atoms with Crippen molar-refractivity contribution in [3.05, 3.63) is 23.8 Å². The lowest BCUT2D eigenvalue weighted by Gasteiger charge is -2.20. The van der Waals surface area contributed by atoms with Gasteiger partial charge in [-0.2, -0.15) is 0 Å². The highest BCUT2D eigenvalue weighted by atomic mass is 16.6. The van der Waals surface area contributed by atoms with Gasteiger partial charge in [0.2, 0.25) is 0 Å². The van der Waals surface area contributed by atoms with E-state index in [1.807, 2.05) is 0 Å². The first-order valence-electron chi connectivity index (χ1n) is 5.70. The summed E-state index contributed by atoms with van der Waals surface area (Å²) in [6.07, 6.45) is -1.33. The number of hydrogen-bond donors (Lipinski definition) is 3. The summed E-state index contributed by atoms with van der Waals surface area (Å²) in [5.41, 5.74) is 0.197. The lowest BCUT2D eigenvalue weighted by atomic mass is 10.1. The van der Waals surface area contributed by atoms with E-state index in [0.29, 0.717) is 5.56 Å². The Balaban J connectivity index is 2.84. The number of aromatic hydroxyl groups is 1. The van der Waals surface area contributed by atoms with Gasteiger partial charge in [-0.15, -0.1) is 0 Å². The Morgan fingerprint density at radius 1 is 1.39 bits per heavy atom. The van der Waals surface area contributed by atoms with E-state index < -0.39 is 17.8 Å². The van der Waals surface area contributed by atoms with Crippen molar-refractivity contribution in [2.75, 3.05) is 5.32 Å². The zero-order chi connectivity index (χ0) is 13.9. The van der Waals surface area contributed by atoms with Gasteiger partial charge >= 0.3 is 6.09 Å². The van der Waals surface area contributed by atoms with Crippen LogP contribution in [0.25, 0.3) is 0 Å². The molecule has 0 heterocycles. The number of amides is 1. The lowest BCUT2D eigenvalue weighted by Crippen LogP contribution is -2.27. The van der Waals surface area contributed by atoms with Gasteiger partial charge < -0.3 is 14.9 Å². The second-order valence-electron chi connectivity index (χ2n) is 5.08. The summed E-state index contributed by atoms with van der Waals surface area (Å²) in [6.45, 7) is 6.85. The molecule has 5 heteroatoms. The fourth-order valence-corrected chi connectivity index (χ4v) is 1.33. The first kappa shape index (κ1) is 14.3. The fourth-order valence-electron chi connectivity index (χ4n) is 1.33. The van der Waals surface area contributed by atoms with Crippen molar-refractivity contribution < 1.29 is 19.7 Å². The van der Waals surface area contributed by atoms with Crippen LogP contribution >= 0.6 is 0 Å². The number of rotatable bonds is 2. The van der Waals surface area contributed by atoms with E-state index in [0.717, 1.165) is 0 Å². The third-order valence-electron chi connectivity index (χ3n) is 2.14. The molecule has 1 aromatic rings. The van der Waals surface area contributed by atoms with Crippen molar-refractivity contribution in [3.63, 3.8) is 0 Å². The molecule has 18 heavy (non-hydrogen) atoms. The first-order chi connectivity index (χ1) is 8.19. The summed E-state index contributed by atoms with van der Waals surface area (Å²) in [5, 5.41) is 21.5. The summed E-state index contributed by atoms with van der Waals surface area (Å²) < 4.78 is 5.07. The van der Waals surface area contributed by atoms with E-state index in [1.165, 1.54) is 12.1 Å². The molecule has 0 aliphatic rings. The SMILES string of the molecule is C[C@H](O)c1ccc(O)c(NC(=O)OC(C)(C)C)c1. The standard InChI is InChI=1S/C13H19NO4/c1-8(15)9-5-6-11(16)10(7-9)14-12(17)18-13(2,3)4/h5-8,15-16H,1-4H3,(H,14,17)/t8-/m0/s1. The number of phenolic OH excluding ortho intramolecular Hbond substituents is 1. The summed E-state index contributed by atoms with van der Waals surface area (Å²) in [6, 6.07) is 4.50. The predicted octanol–water partition coefficient (Wildman–Crippen LogP) is 2.79. The minimum absolute atomic E-state index is 0.0785. The smallest absolute Gasteiger partial charge is 0.412 e. The zero-order valence-electron chi connectivity index (χ0n) is 11.0. The number of carbonyl (C=O) groups excluding carboxylic acids is 1. The molecule has 0 radical (unpaired) electrons. The van der Waals surface area contributed by atoms with Crippen molar-refractivity contribution in [1.82, 2.24) is 0 Å². The van der Waals surface area contributed by atoms with Crippen LogP contribution in [-0.2, 0) is 4.74 Å². The minimum atomic E-state index is -0.676. The number of hydrogen-bond acceptors (Lipinski definition) is 4. The second-order valence-corrected chi connectivity index (χ2v) is 5.08. The Kier molecular flexibility index (Phi) is 4.19. The van der Waals surface area contributed by atoms with Gasteiger partial charge in [0.05, 0.1) is 11.8 Å².